The second-order valence-corrected chi connectivity index (χ2v) is 6.43. The van der Waals surface area contributed by atoms with Gasteiger partial charge in [0.15, 0.2) is 0 Å². The summed E-state index contributed by atoms with van der Waals surface area (Å²) in [5.74, 6) is 0.753. The van der Waals surface area contributed by atoms with Crippen LogP contribution in [0.3, 0.4) is 0 Å². The Balaban J connectivity index is 1.75. The summed E-state index contributed by atoms with van der Waals surface area (Å²) in [6.07, 6.45) is 3.59. The number of fused-ring (bicyclic) bond motifs is 1. The number of amides is 1. The number of nitrogens with one attached hydrogen (secondary N) is 1. The van der Waals surface area contributed by atoms with Crippen molar-refractivity contribution in [2.45, 2.75) is 25.8 Å². The van der Waals surface area contributed by atoms with Crippen molar-refractivity contribution in [3.05, 3.63) is 41.2 Å². The Morgan fingerprint density at radius 3 is 3.04 bits per heavy atom. The van der Waals surface area contributed by atoms with Gasteiger partial charge in [-0.15, -0.1) is 0 Å². The SMILES string of the molecule is COc1c([C@H]2CCCN2C(=O)c2cccc3[nH]ncc23)c(C)nn1C. The maximum absolute atomic E-state index is 13.3. The van der Waals surface area contributed by atoms with Crippen LogP contribution in [0.2, 0.25) is 0 Å². The summed E-state index contributed by atoms with van der Waals surface area (Å²) in [4.78, 5) is 15.2. The molecule has 130 valence electrons. The van der Waals surface area contributed by atoms with Gasteiger partial charge in [0.25, 0.3) is 5.91 Å². The Morgan fingerprint density at radius 2 is 2.24 bits per heavy atom. The molecule has 0 radical (unpaired) electrons. The molecule has 1 N–H and O–H groups in total. The summed E-state index contributed by atoms with van der Waals surface area (Å²) < 4.78 is 7.29. The van der Waals surface area contributed by atoms with E-state index in [1.54, 1.807) is 18.0 Å². The average Bonchev–Trinajstić information content (AvgIpc) is 3.31. The van der Waals surface area contributed by atoms with Crippen LogP contribution in [0.5, 0.6) is 5.88 Å². The number of aromatic amines is 1. The Morgan fingerprint density at radius 1 is 1.40 bits per heavy atom. The van der Waals surface area contributed by atoms with Gasteiger partial charge in [-0.3, -0.25) is 9.89 Å². The Bertz CT molecular complexity index is 942. The van der Waals surface area contributed by atoms with E-state index in [0.29, 0.717) is 5.56 Å². The fourth-order valence-electron chi connectivity index (χ4n) is 3.90. The number of nitrogens with zero attached hydrogens (tertiary/aromatic N) is 4. The number of hydrogen-bond acceptors (Lipinski definition) is 4. The number of likely N-dealkylation sites (tertiary alicyclic amines) is 1. The van der Waals surface area contributed by atoms with Gasteiger partial charge in [-0.2, -0.15) is 10.2 Å². The Labute approximate surface area is 145 Å². The summed E-state index contributed by atoms with van der Waals surface area (Å²) in [5.41, 5.74) is 3.47. The van der Waals surface area contributed by atoms with Crippen LogP contribution in [0.25, 0.3) is 10.9 Å². The number of benzene rings is 1. The van der Waals surface area contributed by atoms with Gasteiger partial charge >= 0.3 is 0 Å². The van der Waals surface area contributed by atoms with E-state index in [1.165, 1.54) is 0 Å². The highest BCUT2D eigenvalue weighted by molar-refractivity contribution is 6.06. The number of carbonyl (C=O) groups is 1. The maximum atomic E-state index is 13.3. The lowest BCUT2D eigenvalue weighted by Crippen LogP contribution is -2.31. The lowest BCUT2D eigenvalue weighted by molar-refractivity contribution is 0.0735. The quantitative estimate of drug-likeness (QED) is 0.796. The Hall–Kier alpha value is -2.83. The summed E-state index contributed by atoms with van der Waals surface area (Å²) in [5, 5.41) is 12.3. The van der Waals surface area contributed by atoms with Crippen molar-refractivity contribution in [3.63, 3.8) is 0 Å². The van der Waals surface area contributed by atoms with Gasteiger partial charge in [-0.1, -0.05) is 6.07 Å². The maximum Gasteiger partial charge on any atom is 0.255 e. The fraction of sp³-hybridized carbons (Fsp3) is 0.389. The molecule has 7 nitrogen and oxygen atoms in total. The number of H-pyrrole nitrogens is 1. The van der Waals surface area contributed by atoms with Crippen LogP contribution in [0, 0.1) is 6.92 Å². The standard InChI is InChI=1S/C18H21N5O2/c1-11-16(18(25-3)22(2)21-11)15-8-5-9-23(15)17(24)12-6-4-7-14-13(12)10-19-20-14/h4,6-7,10,15H,5,8-9H2,1-3H3,(H,19,20)/t15-/m1/s1. The summed E-state index contributed by atoms with van der Waals surface area (Å²) in [6, 6.07) is 5.66. The van der Waals surface area contributed by atoms with Crippen LogP contribution in [-0.2, 0) is 7.05 Å². The van der Waals surface area contributed by atoms with E-state index in [9.17, 15) is 4.79 Å². The molecule has 4 rings (SSSR count). The lowest BCUT2D eigenvalue weighted by Gasteiger charge is -2.25. The van der Waals surface area contributed by atoms with Gasteiger partial charge in [-0.05, 0) is 31.9 Å². The molecule has 7 heteroatoms. The fourth-order valence-corrected chi connectivity index (χ4v) is 3.90. The largest absolute Gasteiger partial charge is 0.481 e. The molecule has 0 unspecified atom stereocenters. The second kappa shape index (κ2) is 5.91. The van der Waals surface area contributed by atoms with Crippen LogP contribution in [0.4, 0.5) is 0 Å². The molecule has 0 bridgehead atoms. The van der Waals surface area contributed by atoms with Crippen molar-refractivity contribution in [3.8, 4) is 5.88 Å². The number of aryl methyl sites for hydroxylation is 2. The molecule has 1 aromatic carbocycles. The van der Waals surface area contributed by atoms with Crippen molar-refractivity contribution in [1.29, 1.82) is 0 Å². The normalized spacial score (nSPS) is 17.4. The van der Waals surface area contributed by atoms with Crippen LogP contribution in [0.15, 0.2) is 24.4 Å². The van der Waals surface area contributed by atoms with Gasteiger partial charge in [0.05, 0.1) is 41.7 Å². The van der Waals surface area contributed by atoms with E-state index in [0.717, 1.165) is 47.4 Å². The highest BCUT2D eigenvalue weighted by atomic mass is 16.5. The van der Waals surface area contributed by atoms with Gasteiger partial charge < -0.3 is 9.64 Å². The van der Waals surface area contributed by atoms with Crippen molar-refractivity contribution < 1.29 is 9.53 Å². The smallest absolute Gasteiger partial charge is 0.255 e. The molecular weight excluding hydrogens is 318 g/mol. The van der Waals surface area contributed by atoms with Crippen LogP contribution >= 0.6 is 0 Å². The molecule has 0 spiro atoms. The van der Waals surface area contributed by atoms with Gasteiger partial charge in [0.2, 0.25) is 5.88 Å². The molecule has 25 heavy (non-hydrogen) atoms. The number of rotatable bonds is 3. The van der Waals surface area contributed by atoms with Crippen LogP contribution < -0.4 is 4.74 Å². The minimum Gasteiger partial charge on any atom is -0.481 e. The molecule has 0 saturated carbocycles. The molecule has 1 aliphatic heterocycles. The monoisotopic (exact) mass is 339 g/mol. The molecule has 1 aliphatic rings. The van der Waals surface area contributed by atoms with Crippen LogP contribution in [-0.4, -0.2) is 44.4 Å². The molecule has 1 fully saturated rings. The molecule has 0 aliphatic carbocycles. The topological polar surface area (TPSA) is 76.0 Å². The molecular formula is C18H21N5O2. The Kier molecular flexibility index (Phi) is 3.71. The lowest BCUT2D eigenvalue weighted by atomic mass is 10.0. The van der Waals surface area contributed by atoms with E-state index < -0.39 is 0 Å². The number of hydrogen-bond donors (Lipinski definition) is 1. The highest BCUT2D eigenvalue weighted by Crippen LogP contribution is 2.39. The predicted molar refractivity (Wildman–Crippen MR) is 93.6 cm³/mol. The third-order valence-corrected chi connectivity index (χ3v) is 4.97. The minimum absolute atomic E-state index is 0.0155. The average molecular weight is 339 g/mol. The summed E-state index contributed by atoms with van der Waals surface area (Å²) in [6.45, 7) is 2.70. The zero-order valence-electron chi connectivity index (χ0n) is 14.6. The van der Waals surface area contributed by atoms with Crippen molar-refractivity contribution in [2.75, 3.05) is 13.7 Å². The molecule has 3 aromatic rings. The number of methoxy groups -OCH3 is 1. The number of ether oxygens (including phenoxy) is 1. The summed E-state index contributed by atoms with van der Waals surface area (Å²) in [7, 11) is 3.51. The number of aromatic nitrogens is 4. The third-order valence-electron chi connectivity index (χ3n) is 4.97. The van der Waals surface area contributed by atoms with E-state index >= 15 is 0 Å². The van der Waals surface area contributed by atoms with E-state index in [4.69, 9.17) is 4.74 Å². The minimum atomic E-state index is -0.0155. The molecule has 1 atom stereocenters. The van der Waals surface area contributed by atoms with Gasteiger partial charge in [0, 0.05) is 19.0 Å². The predicted octanol–water partition coefficient (Wildman–Crippen LogP) is 2.59. The molecule has 2 aromatic heterocycles. The second-order valence-electron chi connectivity index (χ2n) is 6.43. The first-order valence-electron chi connectivity index (χ1n) is 8.42. The first kappa shape index (κ1) is 15.7. The first-order valence-corrected chi connectivity index (χ1v) is 8.42. The first-order chi connectivity index (χ1) is 12.1. The molecule has 3 heterocycles. The van der Waals surface area contributed by atoms with Crippen molar-refractivity contribution in [1.82, 2.24) is 24.9 Å². The van der Waals surface area contributed by atoms with E-state index in [1.807, 2.05) is 37.1 Å². The van der Waals surface area contributed by atoms with E-state index in [-0.39, 0.29) is 11.9 Å². The van der Waals surface area contributed by atoms with Crippen LogP contribution in [0.1, 0.15) is 40.5 Å². The highest BCUT2D eigenvalue weighted by Gasteiger charge is 2.35. The molecule has 1 amide bonds. The number of carbonyl (C=O) groups excluding carboxylic acids is 1. The van der Waals surface area contributed by atoms with Gasteiger partial charge in [-0.25, -0.2) is 4.68 Å². The zero-order valence-corrected chi connectivity index (χ0v) is 14.6. The van der Waals surface area contributed by atoms with Gasteiger partial charge in [0.1, 0.15) is 0 Å². The molecule has 1 saturated heterocycles. The van der Waals surface area contributed by atoms with Crippen molar-refractivity contribution >= 4 is 16.8 Å². The van der Waals surface area contributed by atoms with Crippen molar-refractivity contribution in [2.24, 2.45) is 7.05 Å². The zero-order chi connectivity index (χ0) is 17.6. The third kappa shape index (κ3) is 2.38. The summed E-state index contributed by atoms with van der Waals surface area (Å²) >= 11 is 0. The van der Waals surface area contributed by atoms with E-state index in [2.05, 4.69) is 15.3 Å².